The van der Waals surface area contributed by atoms with Crippen molar-refractivity contribution in [1.82, 2.24) is 0 Å². The van der Waals surface area contributed by atoms with Gasteiger partial charge in [-0.15, -0.1) is 0 Å². The first-order chi connectivity index (χ1) is 25.3. The maximum Gasteiger partial charge on any atom is -0.000727 e. The number of hydrogen-bond acceptors (Lipinski definition) is 0. The molecule has 0 nitrogen and oxygen atoms in total. The van der Waals surface area contributed by atoms with Gasteiger partial charge in [0, 0.05) is 0 Å². The normalized spacial score (nSPS) is 12.5. The van der Waals surface area contributed by atoms with Gasteiger partial charge in [0.15, 0.2) is 0 Å². The fraction of sp³-hybridized carbons (Fsp3) is 0.0196. The summed E-state index contributed by atoms with van der Waals surface area (Å²) in [4.78, 5) is 0. The van der Waals surface area contributed by atoms with Gasteiger partial charge in [-0.2, -0.15) is 0 Å². The van der Waals surface area contributed by atoms with Crippen molar-refractivity contribution >= 4 is 43.5 Å². The molecular weight excluding hydrogens is 613 g/mol. The third kappa shape index (κ3) is 4.99. The van der Waals surface area contributed by atoms with Crippen LogP contribution in [0.15, 0.2) is 194 Å². The molecule has 0 fully saturated rings. The fourth-order valence-corrected chi connectivity index (χ4v) is 8.33. The molecule has 10 rings (SSSR count). The minimum atomic E-state index is 0.917. The van der Waals surface area contributed by atoms with Crippen LogP contribution in [0.1, 0.15) is 22.3 Å². The second-order valence-electron chi connectivity index (χ2n) is 13.6. The lowest BCUT2D eigenvalue weighted by molar-refractivity contribution is 1.32. The smallest absolute Gasteiger partial charge is 0.000727 e. The summed E-state index contributed by atoms with van der Waals surface area (Å²) in [7, 11) is 0. The molecule has 238 valence electrons. The van der Waals surface area contributed by atoms with Crippen LogP contribution < -0.4 is 0 Å². The molecule has 1 aliphatic rings. The van der Waals surface area contributed by atoms with Crippen LogP contribution in [0.25, 0.3) is 76.8 Å². The molecule has 0 saturated carbocycles. The van der Waals surface area contributed by atoms with Gasteiger partial charge in [0.2, 0.25) is 0 Å². The van der Waals surface area contributed by atoms with E-state index >= 15 is 0 Å². The van der Waals surface area contributed by atoms with Crippen LogP contribution in [-0.2, 0) is 6.42 Å². The van der Waals surface area contributed by atoms with Crippen LogP contribution in [0.2, 0.25) is 0 Å². The van der Waals surface area contributed by atoms with Crippen molar-refractivity contribution in [3.63, 3.8) is 0 Å². The fourth-order valence-electron chi connectivity index (χ4n) is 8.33. The van der Waals surface area contributed by atoms with Gasteiger partial charge >= 0.3 is 0 Å². The van der Waals surface area contributed by atoms with Gasteiger partial charge in [-0.05, 0) is 118 Å². The third-order valence-corrected chi connectivity index (χ3v) is 10.7. The molecule has 0 atom stereocenters. The molecule has 0 spiro atoms. The molecule has 0 saturated heterocycles. The van der Waals surface area contributed by atoms with Crippen molar-refractivity contribution in [2.45, 2.75) is 6.42 Å². The largest absolute Gasteiger partial charge is 0.0622 e. The van der Waals surface area contributed by atoms with Gasteiger partial charge in [-0.1, -0.05) is 182 Å². The van der Waals surface area contributed by atoms with E-state index in [2.05, 4.69) is 194 Å². The summed E-state index contributed by atoms with van der Waals surface area (Å²) >= 11 is 0. The van der Waals surface area contributed by atoms with Crippen molar-refractivity contribution < 1.29 is 0 Å². The quantitative estimate of drug-likeness (QED) is 0.163. The summed E-state index contributed by atoms with van der Waals surface area (Å²) in [6, 6.07) is 71.4. The van der Waals surface area contributed by atoms with E-state index in [9.17, 15) is 0 Å². The summed E-state index contributed by atoms with van der Waals surface area (Å²) in [6.07, 6.45) is 0.917. The second kappa shape index (κ2) is 12.1. The van der Waals surface area contributed by atoms with E-state index in [-0.39, 0.29) is 0 Å². The second-order valence-corrected chi connectivity index (χ2v) is 13.6. The predicted octanol–water partition coefficient (Wildman–Crippen LogP) is 13.7. The zero-order chi connectivity index (χ0) is 33.7. The Bertz CT molecular complexity index is 2730. The monoisotopic (exact) mass is 646 g/mol. The molecule has 1 aliphatic carbocycles. The molecule has 0 unspecified atom stereocenters. The Morgan fingerprint density at radius 2 is 0.784 bits per heavy atom. The molecule has 0 radical (unpaired) electrons. The first-order valence-electron chi connectivity index (χ1n) is 17.8. The summed E-state index contributed by atoms with van der Waals surface area (Å²) in [6.45, 7) is 0. The molecule has 0 heterocycles. The average molecular weight is 647 g/mol. The van der Waals surface area contributed by atoms with E-state index in [4.69, 9.17) is 0 Å². The molecular formula is C51H34. The number of fused-ring (bicyclic) bond motifs is 4. The van der Waals surface area contributed by atoms with E-state index < -0.39 is 0 Å². The first-order valence-corrected chi connectivity index (χ1v) is 17.8. The Labute approximate surface area is 298 Å². The minimum absolute atomic E-state index is 0.917. The molecule has 0 aromatic heterocycles. The SMILES string of the molecule is c1ccc(C2=C(c3ccc(-c4c5ccccc5c(-c5ccc6ccccc6c5)c5ccccc45)cc3)Cc3ccc(-c4ccccc4)cc32)cc1. The molecule has 9 aromatic rings. The summed E-state index contributed by atoms with van der Waals surface area (Å²) in [5, 5.41) is 7.63. The topological polar surface area (TPSA) is 0 Å². The summed E-state index contributed by atoms with van der Waals surface area (Å²) < 4.78 is 0. The van der Waals surface area contributed by atoms with E-state index in [0.29, 0.717) is 0 Å². The molecule has 0 amide bonds. The van der Waals surface area contributed by atoms with Gasteiger partial charge in [-0.3, -0.25) is 0 Å². The van der Waals surface area contributed by atoms with Crippen molar-refractivity contribution in [3.8, 4) is 33.4 Å². The maximum atomic E-state index is 2.39. The molecule has 0 aliphatic heterocycles. The van der Waals surface area contributed by atoms with Crippen molar-refractivity contribution in [2.75, 3.05) is 0 Å². The van der Waals surface area contributed by atoms with E-state index in [0.717, 1.165) is 6.42 Å². The lowest BCUT2D eigenvalue weighted by Crippen LogP contribution is -1.92. The minimum Gasteiger partial charge on any atom is -0.0622 e. The Hall–Kier alpha value is -6.50. The Balaban J connectivity index is 1.13. The average Bonchev–Trinajstić information content (AvgIpc) is 3.59. The molecule has 0 bridgehead atoms. The van der Waals surface area contributed by atoms with Crippen LogP contribution in [0.3, 0.4) is 0 Å². The lowest BCUT2D eigenvalue weighted by Gasteiger charge is -2.18. The van der Waals surface area contributed by atoms with Gasteiger partial charge < -0.3 is 0 Å². The zero-order valence-corrected chi connectivity index (χ0v) is 28.2. The highest BCUT2D eigenvalue weighted by atomic mass is 14.3. The highest BCUT2D eigenvalue weighted by molar-refractivity contribution is 6.21. The van der Waals surface area contributed by atoms with Crippen LogP contribution in [-0.4, -0.2) is 0 Å². The Kier molecular flexibility index (Phi) is 6.99. The van der Waals surface area contributed by atoms with Gasteiger partial charge in [-0.25, -0.2) is 0 Å². The van der Waals surface area contributed by atoms with Crippen LogP contribution in [0, 0.1) is 0 Å². The highest BCUT2D eigenvalue weighted by Crippen LogP contribution is 2.46. The molecule has 0 heteroatoms. The highest BCUT2D eigenvalue weighted by Gasteiger charge is 2.25. The predicted molar refractivity (Wildman–Crippen MR) is 218 cm³/mol. The zero-order valence-electron chi connectivity index (χ0n) is 28.2. The van der Waals surface area contributed by atoms with Crippen LogP contribution >= 0.6 is 0 Å². The van der Waals surface area contributed by atoms with Crippen molar-refractivity contribution in [1.29, 1.82) is 0 Å². The van der Waals surface area contributed by atoms with E-state index in [1.54, 1.807) is 0 Å². The third-order valence-electron chi connectivity index (χ3n) is 10.7. The lowest BCUT2D eigenvalue weighted by atomic mass is 9.85. The number of rotatable bonds is 5. The number of benzene rings is 9. The standard InChI is InChI=1S/C51H34/c1-3-13-34(14-4-1)40-28-29-41-33-47(50(48(41)32-40)37-16-5-2-6-17-37)36-24-26-38(27-25-36)49-43-19-9-11-21-45(43)51(46-22-12-10-20-44(46)49)42-30-23-35-15-7-8-18-39(35)31-42/h1-32H,33H2. The van der Waals surface area contributed by atoms with E-state index in [1.807, 2.05) is 0 Å². The molecule has 9 aromatic carbocycles. The van der Waals surface area contributed by atoms with Crippen LogP contribution in [0.5, 0.6) is 0 Å². The summed E-state index contributed by atoms with van der Waals surface area (Å²) in [5.74, 6) is 0. The van der Waals surface area contributed by atoms with E-state index in [1.165, 1.54) is 99.1 Å². The maximum absolute atomic E-state index is 2.39. The Morgan fingerprint density at radius 1 is 0.294 bits per heavy atom. The van der Waals surface area contributed by atoms with Crippen molar-refractivity contribution in [2.24, 2.45) is 0 Å². The molecule has 51 heavy (non-hydrogen) atoms. The number of hydrogen-bond donors (Lipinski definition) is 0. The molecule has 0 N–H and O–H groups in total. The van der Waals surface area contributed by atoms with Gasteiger partial charge in [0.05, 0.1) is 0 Å². The Morgan fingerprint density at radius 3 is 1.43 bits per heavy atom. The number of allylic oxidation sites excluding steroid dienone is 1. The summed E-state index contributed by atoms with van der Waals surface area (Å²) in [5.41, 5.74) is 15.6. The van der Waals surface area contributed by atoms with Crippen molar-refractivity contribution in [3.05, 3.63) is 216 Å². The van der Waals surface area contributed by atoms with Crippen LogP contribution in [0.4, 0.5) is 0 Å². The van der Waals surface area contributed by atoms with Gasteiger partial charge in [0.1, 0.15) is 0 Å². The first kappa shape index (κ1) is 29.4. The van der Waals surface area contributed by atoms with Gasteiger partial charge in [0.25, 0.3) is 0 Å².